The van der Waals surface area contributed by atoms with E-state index < -0.39 is 23.5 Å². The largest absolute Gasteiger partial charge is 0.490 e. The number of fused-ring (bicyclic) bond motifs is 1. The second kappa shape index (κ2) is 8.57. The number of nitrogens with one attached hydrogen (secondary N) is 1. The van der Waals surface area contributed by atoms with Gasteiger partial charge in [0, 0.05) is 32.7 Å². The number of likely N-dealkylation sites (N-methyl/N-ethyl adjacent to an activating group) is 1. The zero-order chi connectivity index (χ0) is 23.2. The first-order chi connectivity index (χ1) is 15.2. The molecule has 1 aromatic carbocycles. The number of anilines is 2. The van der Waals surface area contributed by atoms with Gasteiger partial charge in [-0.05, 0) is 32.6 Å². The van der Waals surface area contributed by atoms with Crippen molar-refractivity contribution < 1.29 is 27.4 Å². The van der Waals surface area contributed by atoms with Crippen LogP contribution < -0.4 is 15.0 Å². The average Bonchev–Trinajstić information content (AvgIpc) is 2.71. The van der Waals surface area contributed by atoms with Crippen molar-refractivity contribution in [1.29, 1.82) is 0 Å². The van der Waals surface area contributed by atoms with Crippen LogP contribution in [-0.4, -0.2) is 48.3 Å². The molecule has 0 saturated heterocycles. The van der Waals surface area contributed by atoms with Gasteiger partial charge in [0.15, 0.2) is 23.3 Å². The molecule has 1 aliphatic heterocycles. The zero-order valence-electron chi connectivity index (χ0n) is 18.3. The molecule has 1 amide bonds. The highest BCUT2D eigenvalue weighted by molar-refractivity contribution is 6.03. The Labute approximate surface area is 183 Å². The van der Waals surface area contributed by atoms with Crippen molar-refractivity contribution in [2.45, 2.75) is 51.4 Å². The predicted molar refractivity (Wildman–Crippen MR) is 111 cm³/mol. The maximum atomic E-state index is 13.4. The van der Waals surface area contributed by atoms with Gasteiger partial charge in [0.2, 0.25) is 5.91 Å². The van der Waals surface area contributed by atoms with Gasteiger partial charge < -0.3 is 19.7 Å². The first-order valence-electron chi connectivity index (χ1n) is 10.4. The Hall–Kier alpha value is -2.88. The molecular formula is C22H25F3N4O3. The van der Waals surface area contributed by atoms with Gasteiger partial charge in [-0.25, -0.2) is 23.1 Å². The number of nitrogens with zero attached hydrogens (tertiary/aromatic N) is 3. The molecule has 2 aliphatic rings. The third-order valence-electron chi connectivity index (χ3n) is 6.13. The van der Waals surface area contributed by atoms with E-state index in [1.54, 1.807) is 7.11 Å². The summed E-state index contributed by atoms with van der Waals surface area (Å²) in [6, 6.07) is 1.19. The SMILES string of the molecule is CO[C@H](C)[C@H]1C(=O)Nc2c(C)nc(CC3CC(Oc4cc(F)c(F)c(F)c4)C3)nc2N1C. The molecule has 10 heteroatoms. The van der Waals surface area contributed by atoms with E-state index in [0.29, 0.717) is 42.3 Å². The van der Waals surface area contributed by atoms with Crippen LogP contribution in [0.4, 0.5) is 24.7 Å². The maximum Gasteiger partial charge on any atom is 0.249 e. The lowest BCUT2D eigenvalue weighted by Gasteiger charge is -2.38. The maximum absolute atomic E-state index is 13.4. The Bertz CT molecular complexity index is 1020. The van der Waals surface area contributed by atoms with Crippen molar-refractivity contribution in [1.82, 2.24) is 9.97 Å². The molecule has 1 aliphatic carbocycles. The van der Waals surface area contributed by atoms with Crippen LogP contribution in [-0.2, 0) is 16.0 Å². The summed E-state index contributed by atoms with van der Waals surface area (Å²) in [5.41, 5.74) is 1.27. The molecule has 0 spiro atoms. The minimum absolute atomic E-state index is 0.0265. The summed E-state index contributed by atoms with van der Waals surface area (Å²) in [7, 11) is 3.36. The second-order valence-corrected chi connectivity index (χ2v) is 8.39. The molecule has 0 bridgehead atoms. The summed E-state index contributed by atoms with van der Waals surface area (Å²) >= 11 is 0. The first-order valence-corrected chi connectivity index (χ1v) is 10.4. The van der Waals surface area contributed by atoms with Crippen LogP contribution in [0.2, 0.25) is 0 Å². The van der Waals surface area contributed by atoms with Crippen molar-refractivity contribution >= 4 is 17.4 Å². The number of rotatable bonds is 6. The summed E-state index contributed by atoms with van der Waals surface area (Å²) in [6.45, 7) is 3.65. The lowest BCUT2D eigenvalue weighted by molar-refractivity contribution is -0.120. The summed E-state index contributed by atoms with van der Waals surface area (Å²) in [6.07, 6.45) is 1.40. The van der Waals surface area contributed by atoms with E-state index in [0.717, 1.165) is 12.1 Å². The highest BCUT2D eigenvalue weighted by atomic mass is 19.2. The third-order valence-corrected chi connectivity index (χ3v) is 6.13. The highest BCUT2D eigenvalue weighted by Gasteiger charge is 2.38. The Balaban J connectivity index is 1.42. The van der Waals surface area contributed by atoms with E-state index in [-0.39, 0.29) is 29.8 Å². The molecule has 4 rings (SSSR count). The average molecular weight is 450 g/mol. The molecule has 0 radical (unpaired) electrons. The Morgan fingerprint density at radius 2 is 1.88 bits per heavy atom. The minimum atomic E-state index is -1.51. The molecule has 7 nitrogen and oxygen atoms in total. The Morgan fingerprint density at radius 3 is 2.50 bits per heavy atom. The van der Waals surface area contributed by atoms with E-state index in [9.17, 15) is 18.0 Å². The first kappa shape index (κ1) is 22.3. The van der Waals surface area contributed by atoms with Crippen LogP contribution in [0.5, 0.6) is 5.75 Å². The second-order valence-electron chi connectivity index (χ2n) is 8.39. The van der Waals surface area contributed by atoms with Crippen molar-refractivity contribution in [2.75, 3.05) is 24.4 Å². The minimum Gasteiger partial charge on any atom is -0.490 e. The van der Waals surface area contributed by atoms with Crippen molar-refractivity contribution in [3.8, 4) is 5.75 Å². The van der Waals surface area contributed by atoms with Crippen LogP contribution in [0.15, 0.2) is 12.1 Å². The Kier molecular flexibility index (Phi) is 5.98. The molecule has 1 aromatic heterocycles. The highest BCUT2D eigenvalue weighted by Crippen LogP contribution is 2.36. The zero-order valence-corrected chi connectivity index (χ0v) is 18.3. The number of carbonyl (C=O) groups is 1. The van der Waals surface area contributed by atoms with Gasteiger partial charge in [-0.15, -0.1) is 0 Å². The van der Waals surface area contributed by atoms with Crippen molar-refractivity contribution in [3.63, 3.8) is 0 Å². The predicted octanol–water partition coefficient (Wildman–Crippen LogP) is 3.39. The molecule has 32 heavy (non-hydrogen) atoms. The van der Waals surface area contributed by atoms with Gasteiger partial charge in [0.1, 0.15) is 23.3 Å². The fourth-order valence-electron chi connectivity index (χ4n) is 4.26. The molecule has 172 valence electrons. The molecule has 2 atom stereocenters. The number of aromatic nitrogens is 2. The topological polar surface area (TPSA) is 76.6 Å². The number of aryl methyl sites for hydroxylation is 1. The lowest BCUT2D eigenvalue weighted by Crippen LogP contribution is -2.53. The van der Waals surface area contributed by atoms with Crippen LogP contribution in [0, 0.1) is 30.3 Å². The van der Waals surface area contributed by atoms with Crippen LogP contribution >= 0.6 is 0 Å². The summed E-state index contributed by atoms with van der Waals surface area (Å²) in [4.78, 5) is 23.6. The molecule has 1 fully saturated rings. The fourth-order valence-corrected chi connectivity index (χ4v) is 4.26. The van der Waals surface area contributed by atoms with E-state index in [1.165, 1.54) is 0 Å². The molecule has 2 aromatic rings. The Morgan fingerprint density at radius 1 is 1.22 bits per heavy atom. The van der Waals surface area contributed by atoms with Crippen LogP contribution in [0.25, 0.3) is 0 Å². The summed E-state index contributed by atoms with van der Waals surface area (Å²) in [5, 5.41) is 2.89. The number of hydrogen-bond donors (Lipinski definition) is 1. The van der Waals surface area contributed by atoms with Gasteiger partial charge in [-0.1, -0.05) is 0 Å². The van der Waals surface area contributed by atoms with Gasteiger partial charge >= 0.3 is 0 Å². The molecule has 2 heterocycles. The quantitative estimate of drug-likeness (QED) is 0.680. The van der Waals surface area contributed by atoms with E-state index in [1.807, 2.05) is 25.8 Å². The van der Waals surface area contributed by atoms with E-state index in [4.69, 9.17) is 9.47 Å². The molecule has 0 unspecified atom stereocenters. The molecular weight excluding hydrogens is 425 g/mol. The van der Waals surface area contributed by atoms with Gasteiger partial charge in [0.05, 0.1) is 17.9 Å². The van der Waals surface area contributed by atoms with Crippen LogP contribution in [0.3, 0.4) is 0 Å². The summed E-state index contributed by atoms with van der Waals surface area (Å²) < 4.78 is 50.7. The van der Waals surface area contributed by atoms with E-state index >= 15 is 0 Å². The van der Waals surface area contributed by atoms with Gasteiger partial charge in [-0.3, -0.25) is 4.79 Å². The fraction of sp³-hybridized carbons (Fsp3) is 0.500. The standard InChI is InChI=1S/C22H25F3N4O3/c1-10-19-21(29(3)20(11(2)31-4)22(30)28-19)27-17(26-10)7-12-5-13(6-12)32-14-8-15(23)18(25)16(24)9-14/h8-9,11-13,20H,5-7H2,1-4H3,(H,28,30)/t11-,12?,13?,20+/m1/s1. The van der Waals surface area contributed by atoms with Gasteiger partial charge in [0.25, 0.3) is 0 Å². The number of ether oxygens (including phenoxy) is 2. The smallest absolute Gasteiger partial charge is 0.249 e. The monoisotopic (exact) mass is 450 g/mol. The van der Waals surface area contributed by atoms with Crippen molar-refractivity contribution in [3.05, 3.63) is 41.1 Å². The number of methoxy groups -OCH3 is 1. The normalized spacial score (nSPS) is 23.3. The third kappa shape index (κ3) is 4.11. The number of carbonyl (C=O) groups excluding carboxylic acids is 1. The van der Waals surface area contributed by atoms with E-state index in [2.05, 4.69) is 15.3 Å². The van der Waals surface area contributed by atoms with Gasteiger partial charge in [-0.2, -0.15) is 0 Å². The van der Waals surface area contributed by atoms with Crippen molar-refractivity contribution in [2.24, 2.45) is 5.92 Å². The number of benzene rings is 1. The molecule has 1 saturated carbocycles. The number of halogens is 3. The summed E-state index contributed by atoms with van der Waals surface area (Å²) in [5.74, 6) is -2.71. The number of hydrogen-bond acceptors (Lipinski definition) is 6. The molecule has 1 N–H and O–H groups in total. The lowest BCUT2D eigenvalue weighted by atomic mass is 9.80. The van der Waals surface area contributed by atoms with Crippen LogP contribution in [0.1, 0.15) is 31.3 Å². The number of amides is 1.